The van der Waals surface area contributed by atoms with Crippen LogP contribution in [0.1, 0.15) is 12.1 Å². The van der Waals surface area contributed by atoms with Crippen molar-refractivity contribution >= 4 is 28.8 Å². The maximum atomic E-state index is 11.8. The highest BCUT2D eigenvalue weighted by Gasteiger charge is 2.30. The molecule has 1 saturated heterocycles. The monoisotopic (exact) mass is 275 g/mol. The van der Waals surface area contributed by atoms with Gasteiger partial charge in [-0.25, -0.2) is 9.97 Å². The van der Waals surface area contributed by atoms with Crippen molar-refractivity contribution in [3.8, 4) is 0 Å². The first kappa shape index (κ1) is 12.6. The molecule has 2 aromatic rings. The van der Waals surface area contributed by atoms with E-state index in [9.17, 15) is 4.79 Å². The number of rotatable bonds is 2. The van der Waals surface area contributed by atoms with Gasteiger partial charge in [0.1, 0.15) is 0 Å². The summed E-state index contributed by atoms with van der Waals surface area (Å²) in [5.41, 5.74) is 12.5. The van der Waals surface area contributed by atoms with E-state index in [-0.39, 0.29) is 42.4 Å². The Kier molecular flexibility index (Phi) is 2.92. The fourth-order valence-corrected chi connectivity index (χ4v) is 2.08. The summed E-state index contributed by atoms with van der Waals surface area (Å²) in [5, 5.41) is 9.03. The molecule has 0 aromatic carbocycles. The highest BCUT2D eigenvalue weighted by atomic mass is 16.3. The van der Waals surface area contributed by atoms with Crippen molar-refractivity contribution in [1.29, 1.82) is 0 Å². The highest BCUT2D eigenvalue weighted by molar-refractivity contribution is 5.95. The summed E-state index contributed by atoms with van der Waals surface area (Å²) < 4.78 is 0. The normalized spacial score (nSPS) is 19.0. The summed E-state index contributed by atoms with van der Waals surface area (Å²) in [6, 6.07) is -0.231. The second kappa shape index (κ2) is 4.62. The molecule has 0 radical (unpaired) electrons. The van der Waals surface area contributed by atoms with E-state index in [2.05, 4.69) is 19.9 Å². The minimum atomic E-state index is -0.246. The van der Waals surface area contributed by atoms with Gasteiger partial charge in [0.15, 0.2) is 17.0 Å². The Labute approximate surface area is 113 Å². The number of carbonyl (C=O) groups is 1. The molecule has 1 fully saturated rings. The van der Waals surface area contributed by atoms with E-state index >= 15 is 0 Å². The molecule has 3 rings (SSSR count). The Morgan fingerprint density at radius 3 is 2.85 bits per heavy atom. The first-order valence-corrected chi connectivity index (χ1v) is 6.04. The van der Waals surface area contributed by atoms with Crippen LogP contribution in [0.3, 0.4) is 0 Å². The van der Waals surface area contributed by atoms with Crippen LogP contribution in [0.4, 0.5) is 11.8 Å². The molecule has 2 aromatic heterocycles. The molecule has 0 aliphatic carbocycles. The molecule has 20 heavy (non-hydrogen) atoms. The largest absolute Gasteiger partial charge is 0.390 e. The van der Waals surface area contributed by atoms with Gasteiger partial charge in [-0.1, -0.05) is 0 Å². The van der Waals surface area contributed by atoms with Gasteiger partial charge in [-0.15, -0.1) is 0 Å². The number of fused-ring (bicyclic) bond motifs is 1. The number of amides is 1. The molecule has 1 amide bonds. The molecule has 1 aliphatic rings. The van der Waals surface area contributed by atoms with Crippen LogP contribution in [-0.4, -0.2) is 43.5 Å². The highest BCUT2D eigenvalue weighted by Crippen LogP contribution is 2.21. The van der Waals surface area contributed by atoms with Gasteiger partial charge in [0, 0.05) is 19.0 Å². The number of anilines is 2. The van der Waals surface area contributed by atoms with Crippen molar-refractivity contribution in [3.63, 3.8) is 0 Å². The standard InChI is InChI=1S/C11H13N7O2/c12-5-1-7(20)18(3-5)11-16-9(13)8-10(17-11)14-2-6(4-19)15-8/h2,5,19H,1,3-4,12H2,(H2,13,14,16,17). The van der Waals surface area contributed by atoms with E-state index < -0.39 is 0 Å². The molecule has 3 heterocycles. The minimum absolute atomic E-state index is 0.112. The molecule has 104 valence electrons. The van der Waals surface area contributed by atoms with Crippen LogP contribution in [-0.2, 0) is 11.4 Å². The van der Waals surface area contributed by atoms with Crippen LogP contribution < -0.4 is 16.4 Å². The number of nitrogens with zero attached hydrogens (tertiary/aromatic N) is 5. The third-order valence-corrected chi connectivity index (χ3v) is 3.03. The lowest BCUT2D eigenvalue weighted by atomic mass is 10.3. The second-order valence-corrected chi connectivity index (χ2v) is 4.57. The first-order valence-electron chi connectivity index (χ1n) is 6.04. The van der Waals surface area contributed by atoms with Crippen LogP contribution in [0.25, 0.3) is 11.2 Å². The van der Waals surface area contributed by atoms with Crippen molar-refractivity contribution in [3.05, 3.63) is 11.9 Å². The summed E-state index contributed by atoms with van der Waals surface area (Å²) in [5.74, 6) is 0.149. The Balaban J connectivity index is 2.08. The SMILES string of the molecule is Nc1nc(N2CC(N)CC2=O)nc2ncc(CO)nc12. The van der Waals surface area contributed by atoms with E-state index in [0.29, 0.717) is 17.8 Å². The van der Waals surface area contributed by atoms with Gasteiger partial charge in [-0.05, 0) is 0 Å². The zero-order valence-corrected chi connectivity index (χ0v) is 10.5. The topological polar surface area (TPSA) is 144 Å². The summed E-state index contributed by atoms with van der Waals surface area (Å²) in [4.78, 5) is 29.6. The van der Waals surface area contributed by atoms with Crippen molar-refractivity contribution in [2.45, 2.75) is 19.1 Å². The lowest BCUT2D eigenvalue weighted by Crippen LogP contribution is -2.29. The molecule has 9 nitrogen and oxygen atoms in total. The lowest BCUT2D eigenvalue weighted by molar-refractivity contribution is -0.117. The molecular weight excluding hydrogens is 262 g/mol. The number of hydrogen-bond acceptors (Lipinski definition) is 8. The molecular formula is C11H13N7O2. The van der Waals surface area contributed by atoms with E-state index in [1.165, 1.54) is 11.1 Å². The number of aliphatic hydroxyl groups excluding tert-OH is 1. The lowest BCUT2D eigenvalue weighted by Gasteiger charge is -2.14. The maximum Gasteiger partial charge on any atom is 0.236 e. The molecule has 1 atom stereocenters. The van der Waals surface area contributed by atoms with Gasteiger partial charge in [-0.2, -0.15) is 9.97 Å². The third kappa shape index (κ3) is 2.02. The number of nitrogen functional groups attached to an aromatic ring is 1. The van der Waals surface area contributed by atoms with Gasteiger partial charge in [0.05, 0.1) is 18.5 Å². The summed E-state index contributed by atoms with van der Waals surface area (Å²) in [6.45, 7) is 0.107. The molecule has 0 spiro atoms. The van der Waals surface area contributed by atoms with E-state index in [4.69, 9.17) is 16.6 Å². The van der Waals surface area contributed by atoms with Gasteiger partial charge < -0.3 is 16.6 Å². The zero-order chi connectivity index (χ0) is 14.3. The Bertz CT molecular complexity index is 690. The van der Waals surface area contributed by atoms with Crippen molar-refractivity contribution in [1.82, 2.24) is 19.9 Å². The number of hydrogen-bond donors (Lipinski definition) is 3. The van der Waals surface area contributed by atoms with E-state index in [1.807, 2.05) is 0 Å². The van der Waals surface area contributed by atoms with Crippen LogP contribution in [0.15, 0.2) is 6.20 Å². The van der Waals surface area contributed by atoms with Gasteiger partial charge in [-0.3, -0.25) is 9.69 Å². The summed E-state index contributed by atoms with van der Waals surface area (Å²) in [7, 11) is 0. The fraction of sp³-hybridized carbons (Fsp3) is 0.364. The van der Waals surface area contributed by atoms with Crippen LogP contribution >= 0.6 is 0 Å². The Morgan fingerprint density at radius 1 is 1.40 bits per heavy atom. The molecule has 1 aliphatic heterocycles. The van der Waals surface area contributed by atoms with Gasteiger partial charge >= 0.3 is 0 Å². The van der Waals surface area contributed by atoms with Crippen molar-refractivity contribution in [2.24, 2.45) is 5.73 Å². The van der Waals surface area contributed by atoms with E-state index in [1.54, 1.807) is 0 Å². The number of aromatic nitrogens is 4. The van der Waals surface area contributed by atoms with E-state index in [0.717, 1.165) is 0 Å². The van der Waals surface area contributed by atoms with Crippen LogP contribution in [0.5, 0.6) is 0 Å². The first-order chi connectivity index (χ1) is 9.58. The zero-order valence-electron chi connectivity index (χ0n) is 10.5. The van der Waals surface area contributed by atoms with Crippen LogP contribution in [0, 0.1) is 0 Å². The van der Waals surface area contributed by atoms with Crippen molar-refractivity contribution < 1.29 is 9.90 Å². The Morgan fingerprint density at radius 2 is 2.20 bits per heavy atom. The predicted octanol–water partition coefficient (Wildman–Crippen LogP) is -1.44. The predicted molar refractivity (Wildman–Crippen MR) is 70.4 cm³/mol. The third-order valence-electron chi connectivity index (χ3n) is 3.03. The molecule has 1 unspecified atom stereocenters. The number of nitrogens with two attached hydrogens (primary N) is 2. The van der Waals surface area contributed by atoms with Gasteiger partial charge in [0.2, 0.25) is 11.9 Å². The average molecular weight is 275 g/mol. The molecule has 9 heteroatoms. The molecule has 0 bridgehead atoms. The quantitative estimate of drug-likeness (QED) is 0.604. The summed E-state index contributed by atoms with van der Waals surface area (Å²) >= 11 is 0. The maximum absolute atomic E-state index is 11.8. The number of carbonyl (C=O) groups excluding carboxylic acids is 1. The minimum Gasteiger partial charge on any atom is -0.390 e. The smallest absolute Gasteiger partial charge is 0.236 e. The van der Waals surface area contributed by atoms with Crippen LogP contribution in [0.2, 0.25) is 0 Å². The molecule has 0 saturated carbocycles. The molecule has 5 N–H and O–H groups in total. The second-order valence-electron chi connectivity index (χ2n) is 4.57. The van der Waals surface area contributed by atoms with Gasteiger partial charge in [0.25, 0.3) is 0 Å². The Hall–Kier alpha value is -2.39. The number of aliphatic hydroxyl groups is 1. The summed E-state index contributed by atoms with van der Waals surface area (Å²) in [6.07, 6.45) is 1.66. The van der Waals surface area contributed by atoms with Crippen molar-refractivity contribution in [2.75, 3.05) is 17.2 Å². The average Bonchev–Trinajstić information content (AvgIpc) is 2.77. The fourth-order valence-electron chi connectivity index (χ4n) is 2.08.